The molecule has 0 aliphatic heterocycles. The molecule has 15 heavy (non-hydrogen) atoms. The van der Waals surface area contributed by atoms with E-state index in [1.54, 1.807) is 0 Å². The minimum Gasteiger partial charge on any atom is -0.441 e. The molecule has 0 atom stereocenters. The predicted octanol–water partition coefficient (Wildman–Crippen LogP) is 2.51. The maximum atomic E-state index is 10.9. The van der Waals surface area contributed by atoms with Gasteiger partial charge in [-0.05, 0) is 24.7 Å². The van der Waals surface area contributed by atoms with Crippen molar-refractivity contribution in [3.05, 3.63) is 17.5 Å². The van der Waals surface area contributed by atoms with Crippen molar-refractivity contribution in [2.45, 2.75) is 40.0 Å². The molecule has 0 aromatic carbocycles. The Morgan fingerprint density at radius 3 is 2.67 bits per heavy atom. The molecule has 86 valence electrons. The molecule has 0 fully saturated rings. The molecule has 0 saturated carbocycles. The van der Waals surface area contributed by atoms with Gasteiger partial charge in [-0.3, -0.25) is 5.21 Å². The van der Waals surface area contributed by atoms with Gasteiger partial charge in [-0.15, -0.1) is 0 Å². The van der Waals surface area contributed by atoms with Crippen molar-refractivity contribution in [3.63, 3.8) is 0 Å². The van der Waals surface area contributed by atoms with E-state index in [1.807, 2.05) is 0 Å². The van der Waals surface area contributed by atoms with E-state index >= 15 is 0 Å². The van der Waals surface area contributed by atoms with Crippen molar-refractivity contribution < 1.29 is 14.2 Å². The maximum absolute atomic E-state index is 10.9. The van der Waals surface area contributed by atoms with E-state index in [4.69, 9.17) is 4.74 Å². The fourth-order valence-electron chi connectivity index (χ4n) is 1.29. The summed E-state index contributed by atoms with van der Waals surface area (Å²) in [6, 6.07) is 1.52. The molecule has 0 spiro atoms. The van der Waals surface area contributed by atoms with Gasteiger partial charge in [0.15, 0.2) is 0 Å². The molecular formula is C11H19NO3. The Morgan fingerprint density at radius 1 is 1.40 bits per heavy atom. The van der Waals surface area contributed by atoms with E-state index in [1.165, 1.54) is 18.8 Å². The van der Waals surface area contributed by atoms with Crippen LogP contribution < -0.4 is 9.64 Å². The molecule has 1 rings (SSSR count). The van der Waals surface area contributed by atoms with Crippen LogP contribution in [-0.2, 0) is 0 Å². The minimum atomic E-state index is 0.241. The van der Waals surface area contributed by atoms with E-state index in [0.717, 1.165) is 12.8 Å². The number of ether oxygens (including phenoxy) is 1. The molecule has 0 radical (unpaired) electrons. The zero-order valence-electron chi connectivity index (χ0n) is 9.66. The summed E-state index contributed by atoms with van der Waals surface area (Å²) in [5, 5.41) is 10.9. The number of rotatable bonds is 5. The van der Waals surface area contributed by atoms with Crippen LogP contribution in [0.25, 0.3) is 0 Å². The summed E-state index contributed by atoms with van der Waals surface area (Å²) in [7, 11) is 0. The van der Waals surface area contributed by atoms with Crippen molar-refractivity contribution in [2.75, 3.05) is 6.61 Å². The summed E-state index contributed by atoms with van der Waals surface area (Å²) in [6.07, 6.45) is 4.55. The summed E-state index contributed by atoms with van der Waals surface area (Å²) >= 11 is 0. The average molecular weight is 213 g/mol. The summed E-state index contributed by atoms with van der Waals surface area (Å²) in [6.45, 7) is 7.22. The summed E-state index contributed by atoms with van der Waals surface area (Å²) in [5.41, 5.74) is 0.369. The Bertz CT molecular complexity index is 288. The second-order valence-electron chi connectivity index (χ2n) is 4.87. The molecule has 0 N–H and O–H groups in total. The van der Waals surface area contributed by atoms with E-state index in [9.17, 15) is 5.21 Å². The second-order valence-corrected chi connectivity index (χ2v) is 4.87. The van der Waals surface area contributed by atoms with Crippen molar-refractivity contribution in [1.29, 1.82) is 0 Å². The highest BCUT2D eigenvalue weighted by molar-refractivity contribution is 4.95. The van der Waals surface area contributed by atoms with Gasteiger partial charge in [0.1, 0.15) is 0 Å². The van der Waals surface area contributed by atoms with Crippen molar-refractivity contribution in [2.24, 2.45) is 5.41 Å². The smallest absolute Gasteiger partial charge is 0.427 e. The quantitative estimate of drug-likeness (QED) is 0.557. The molecule has 0 aliphatic carbocycles. The van der Waals surface area contributed by atoms with Gasteiger partial charge < -0.3 is 9.26 Å². The summed E-state index contributed by atoms with van der Waals surface area (Å²) in [5.74, 6) is 0.241. The van der Waals surface area contributed by atoms with Crippen LogP contribution in [0.2, 0.25) is 0 Å². The largest absolute Gasteiger partial charge is 0.441 e. The fourth-order valence-corrected chi connectivity index (χ4v) is 1.29. The Balaban J connectivity index is 2.10. The molecular weight excluding hydrogens is 194 g/mol. The number of aromatic nitrogens is 1. The first-order valence-corrected chi connectivity index (χ1v) is 5.29. The molecule has 0 unspecified atom stereocenters. The lowest BCUT2D eigenvalue weighted by atomic mass is 9.90. The van der Waals surface area contributed by atoms with Crippen LogP contribution in [0.1, 0.15) is 40.0 Å². The van der Waals surface area contributed by atoms with Crippen LogP contribution in [0, 0.1) is 10.6 Å². The van der Waals surface area contributed by atoms with Crippen LogP contribution in [0.15, 0.2) is 16.9 Å². The molecule has 4 nitrogen and oxygen atoms in total. The Kier molecular flexibility index (Phi) is 4.00. The van der Waals surface area contributed by atoms with Crippen LogP contribution in [0.3, 0.4) is 0 Å². The van der Waals surface area contributed by atoms with Crippen LogP contribution in [-0.4, -0.2) is 6.61 Å². The first-order valence-electron chi connectivity index (χ1n) is 5.29. The third-order valence-corrected chi connectivity index (χ3v) is 2.12. The van der Waals surface area contributed by atoms with Gasteiger partial charge in [0.05, 0.1) is 23.8 Å². The number of nitrogens with zero attached hydrogens (tertiary/aromatic N) is 1. The number of unbranched alkanes of at least 4 members (excludes halogenated alkanes) is 1. The highest BCUT2D eigenvalue weighted by Gasteiger charge is 2.11. The molecule has 0 bridgehead atoms. The van der Waals surface area contributed by atoms with Gasteiger partial charge in [0, 0.05) is 0 Å². The average Bonchev–Trinajstić information content (AvgIpc) is 2.49. The van der Waals surface area contributed by atoms with Gasteiger partial charge in [0.2, 0.25) is 0 Å². The molecule has 0 saturated heterocycles. The lowest BCUT2D eigenvalue weighted by Gasteiger charge is -2.17. The Hall–Kier alpha value is -1.19. The SMILES string of the molecule is CC(C)(C)CCCCOc1cco[n+]1[O-]. The van der Waals surface area contributed by atoms with Crippen molar-refractivity contribution >= 4 is 0 Å². The highest BCUT2D eigenvalue weighted by Crippen LogP contribution is 2.21. The third-order valence-electron chi connectivity index (χ3n) is 2.12. The second kappa shape index (κ2) is 5.05. The molecule has 0 amide bonds. The Labute approximate surface area is 90.4 Å². The van der Waals surface area contributed by atoms with Crippen molar-refractivity contribution in [3.8, 4) is 5.88 Å². The minimum absolute atomic E-state index is 0.241. The van der Waals surface area contributed by atoms with Crippen molar-refractivity contribution in [1.82, 2.24) is 0 Å². The van der Waals surface area contributed by atoms with Gasteiger partial charge in [0.25, 0.3) is 0 Å². The van der Waals surface area contributed by atoms with Gasteiger partial charge in [-0.2, -0.15) is 0 Å². The molecule has 0 aliphatic rings. The predicted molar refractivity (Wildman–Crippen MR) is 56.5 cm³/mol. The lowest BCUT2D eigenvalue weighted by molar-refractivity contribution is -0.795. The monoisotopic (exact) mass is 213 g/mol. The number of hydrogen-bond donors (Lipinski definition) is 0. The normalized spacial score (nSPS) is 11.7. The summed E-state index contributed by atoms with van der Waals surface area (Å²) in [4.78, 5) is 0.379. The topological polar surface area (TPSA) is 49.3 Å². The molecule has 1 heterocycles. The van der Waals surface area contributed by atoms with Gasteiger partial charge in [-0.25, -0.2) is 0 Å². The van der Waals surface area contributed by atoms with Crippen LogP contribution in [0.5, 0.6) is 5.88 Å². The highest BCUT2D eigenvalue weighted by atomic mass is 16.7. The van der Waals surface area contributed by atoms with Gasteiger partial charge >= 0.3 is 5.88 Å². The van der Waals surface area contributed by atoms with Gasteiger partial charge in [-0.1, -0.05) is 20.8 Å². The summed E-state index contributed by atoms with van der Waals surface area (Å²) < 4.78 is 9.76. The standard InChI is InChI=1S/C11H19NO3/c1-11(2,3)7-4-5-8-14-10-6-9-15-12(10)13/h6,9H,4-5,7-8H2,1-3H3. The molecule has 1 aromatic heterocycles. The molecule has 1 aromatic rings. The lowest BCUT2D eigenvalue weighted by Crippen LogP contribution is -2.25. The van der Waals surface area contributed by atoms with E-state index in [2.05, 4.69) is 25.3 Å². The van der Waals surface area contributed by atoms with E-state index in [-0.39, 0.29) is 5.88 Å². The first kappa shape index (κ1) is 11.9. The van der Waals surface area contributed by atoms with Crippen LogP contribution >= 0.6 is 0 Å². The number of hydrogen-bond acceptors (Lipinski definition) is 3. The zero-order chi connectivity index (χ0) is 11.3. The third kappa shape index (κ3) is 4.72. The van der Waals surface area contributed by atoms with E-state index in [0.29, 0.717) is 16.9 Å². The Morgan fingerprint density at radius 2 is 2.13 bits per heavy atom. The zero-order valence-corrected chi connectivity index (χ0v) is 9.66. The fraction of sp³-hybridized carbons (Fsp3) is 0.727. The van der Waals surface area contributed by atoms with Crippen LogP contribution in [0.4, 0.5) is 0 Å². The first-order chi connectivity index (χ1) is 6.99. The molecule has 4 heteroatoms. The van der Waals surface area contributed by atoms with E-state index < -0.39 is 0 Å². The maximum Gasteiger partial charge on any atom is 0.427 e.